The average molecular weight is 278 g/mol. The van der Waals surface area contributed by atoms with Gasteiger partial charge in [0.25, 0.3) is 0 Å². The average Bonchev–Trinajstić information content (AvgIpc) is 2.82. The molecule has 1 aliphatic heterocycles. The lowest BCUT2D eigenvalue weighted by Crippen LogP contribution is -2.36. The van der Waals surface area contributed by atoms with Gasteiger partial charge in [-0.1, -0.05) is 43.7 Å². The van der Waals surface area contributed by atoms with E-state index in [9.17, 15) is 4.79 Å². The summed E-state index contributed by atoms with van der Waals surface area (Å²) in [6, 6.07) is 7.83. The minimum absolute atomic E-state index is 0.126. The van der Waals surface area contributed by atoms with Gasteiger partial charge >= 0.3 is 0 Å². The number of halogens is 1. The fourth-order valence-corrected chi connectivity index (χ4v) is 2.77. The summed E-state index contributed by atoms with van der Waals surface area (Å²) < 4.78 is 0. The number of likely N-dealkylation sites (tertiary alicyclic amines) is 1. The van der Waals surface area contributed by atoms with Crippen LogP contribution in [0, 0.1) is 0 Å². The first-order valence-electron chi connectivity index (χ1n) is 6.87. The van der Waals surface area contributed by atoms with Gasteiger partial charge in [-0.15, -0.1) is 0 Å². The number of amides is 1. The first-order chi connectivity index (χ1) is 9.13. The fraction of sp³-hybridized carbons (Fsp3) is 0.438. The van der Waals surface area contributed by atoms with Crippen LogP contribution in [0.4, 0.5) is 0 Å². The van der Waals surface area contributed by atoms with E-state index in [-0.39, 0.29) is 11.9 Å². The number of nitrogens with zero attached hydrogens (tertiary/aromatic N) is 1. The topological polar surface area (TPSA) is 20.3 Å². The monoisotopic (exact) mass is 277 g/mol. The zero-order chi connectivity index (χ0) is 13.8. The van der Waals surface area contributed by atoms with Crippen LogP contribution < -0.4 is 0 Å². The first-order valence-corrected chi connectivity index (χ1v) is 7.25. The summed E-state index contributed by atoms with van der Waals surface area (Å²) in [7, 11) is 0. The lowest BCUT2D eigenvalue weighted by Gasteiger charge is -2.29. The van der Waals surface area contributed by atoms with Crippen molar-refractivity contribution in [1.82, 2.24) is 4.90 Å². The number of hydrogen-bond acceptors (Lipinski definition) is 1. The molecule has 1 unspecified atom stereocenters. The molecule has 1 fully saturated rings. The second kappa shape index (κ2) is 6.25. The van der Waals surface area contributed by atoms with Crippen molar-refractivity contribution in [2.45, 2.75) is 38.6 Å². The Bertz CT molecular complexity index is 466. The number of rotatable bonds is 5. The quantitative estimate of drug-likeness (QED) is 0.792. The summed E-state index contributed by atoms with van der Waals surface area (Å²) in [5.41, 5.74) is 2.09. The van der Waals surface area contributed by atoms with Crippen molar-refractivity contribution in [3.8, 4) is 0 Å². The summed E-state index contributed by atoms with van der Waals surface area (Å²) in [4.78, 5) is 13.9. The molecule has 0 spiro atoms. The van der Waals surface area contributed by atoms with Gasteiger partial charge in [-0.3, -0.25) is 4.79 Å². The van der Waals surface area contributed by atoms with Crippen LogP contribution in [0.25, 0.3) is 5.57 Å². The van der Waals surface area contributed by atoms with E-state index < -0.39 is 0 Å². The minimum atomic E-state index is 0.126. The molecule has 0 aliphatic carbocycles. The highest BCUT2D eigenvalue weighted by Crippen LogP contribution is 2.28. The summed E-state index contributed by atoms with van der Waals surface area (Å²) >= 11 is 5.91. The van der Waals surface area contributed by atoms with Gasteiger partial charge in [0.05, 0.1) is 6.04 Å². The van der Waals surface area contributed by atoms with Gasteiger partial charge in [0.2, 0.25) is 5.91 Å². The maximum atomic E-state index is 11.9. The van der Waals surface area contributed by atoms with Gasteiger partial charge in [-0.05, 0) is 36.1 Å². The van der Waals surface area contributed by atoms with Gasteiger partial charge in [-0.2, -0.15) is 0 Å². The third-order valence-corrected chi connectivity index (χ3v) is 3.92. The molecule has 1 amide bonds. The molecule has 3 heteroatoms. The van der Waals surface area contributed by atoms with Crippen LogP contribution in [0.2, 0.25) is 5.02 Å². The highest BCUT2D eigenvalue weighted by Gasteiger charge is 2.29. The van der Waals surface area contributed by atoms with Gasteiger partial charge in [0.15, 0.2) is 0 Å². The molecule has 1 heterocycles. The maximum absolute atomic E-state index is 11.9. The molecule has 0 aromatic heterocycles. The summed E-state index contributed by atoms with van der Waals surface area (Å²) in [6.45, 7) is 7.21. The lowest BCUT2D eigenvalue weighted by molar-refractivity contribution is -0.128. The Morgan fingerprint density at radius 1 is 1.42 bits per heavy atom. The van der Waals surface area contributed by atoms with Crippen LogP contribution in [0.1, 0.15) is 38.2 Å². The summed E-state index contributed by atoms with van der Waals surface area (Å²) in [5.74, 6) is 0.258. The van der Waals surface area contributed by atoms with E-state index in [1.807, 2.05) is 29.2 Å². The standard InChI is InChI=1S/C16H20ClNO/c1-3-5-15(18-11-4-6-16(18)19)12(2)13-7-9-14(17)10-8-13/h7-10,15H,2-6,11H2,1H3. The van der Waals surface area contributed by atoms with E-state index in [1.54, 1.807) is 0 Å². The molecule has 1 aliphatic rings. The van der Waals surface area contributed by atoms with E-state index in [2.05, 4.69) is 13.5 Å². The molecule has 102 valence electrons. The van der Waals surface area contributed by atoms with Gasteiger partial charge in [0.1, 0.15) is 0 Å². The van der Waals surface area contributed by atoms with Crippen LogP contribution in [0.15, 0.2) is 30.8 Å². The zero-order valence-corrected chi connectivity index (χ0v) is 12.1. The van der Waals surface area contributed by atoms with Crippen molar-refractivity contribution in [3.63, 3.8) is 0 Å². The molecule has 2 rings (SSSR count). The molecule has 1 saturated heterocycles. The van der Waals surface area contributed by atoms with Crippen molar-refractivity contribution in [3.05, 3.63) is 41.4 Å². The van der Waals surface area contributed by atoms with E-state index >= 15 is 0 Å². The minimum Gasteiger partial charge on any atom is -0.336 e. The molecular weight excluding hydrogens is 258 g/mol. The Hall–Kier alpha value is -1.28. The lowest BCUT2D eigenvalue weighted by atomic mass is 9.95. The predicted molar refractivity (Wildman–Crippen MR) is 80.1 cm³/mol. The van der Waals surface area contributed by atoms with Crippen LogP contribution in [-0.4, -0.2) is 23.4 Å². The van der Waals surface area contributed by atoms with E-state index in [1.165, 1.54) is 0 Å². The Kier molecular flexibility index (Phi) is 4.65. The van der Waals surface area contributed by atoms with Crippen molar-refractivity contribution < 1.29 is 4.79 Å². The maximum Gasteiger partial charge on any atom is 0.223 e. The van der Waals surface area contributed by atoms with Crippen molar-refractivity contribution in [2.75, 3.05) is 6.54 Å². The predicted octanol–water partition coefficient (Wildman–Crippen LogP) is 4.14. The van der Waals surface area contributed by atoms with Gasteiger partial charge < -0.3 is 4.90 Å². The number of hydrogen-bond donors (Lipinski definition) is 0. The number of carbonyl (C=O) groups is 1. The summed E-state index contributed by atoms with van der Waals surface area (Å²) in [5, 5.41) is 0.723. The van der Waals surface area contributed by atoms with Crippen molar-refractivity contribution >= 4 is 23.1 Å². The molecule has 1 aromatic carbocycles. The SMILES string of the molecule is C=C(c1ccc(Cl)cc1)C(CCC)N1CCCC1=O. The normalized spacial score (nSPS) is 16.7. The van der Waals surface area contributed by atoms with Crippen LogP contribution in [0.3, 0.4) is 0 Å². The van der Waals surface area contributed by atoms with Gasteiger partial charge in [0, 0.05) is 18.0 Å². The van der Waals surface area contributed by atoms with Gasteiger partial charge in [-0.25, -0.2) is 0 Å². The Morgan fingerprint density at radius 2 is 2.11 bits per heavy atom. The molecular formula is C16H20ClNO. The van der Waals surface area contributed by atoms with Crippen molar-refractivity contribution in [2.24, 2.45) is 0 Å². The third-order valence-electron chi connectivity index (χ3n) is 3.67. The largest absolute Gasteiger partial charge is 0.336 e. The van der Waals surface area contributed by atoms with E-state index in [4.69, 9.17) is 11.6 Å². The molecule has 0 saturated carbocycles. The molecule has 0 bridgehead atoms. The Labute approximate surface area is 120 Å². The molecule has 19 heavy (non-hydrogen) atoms. The zero-order valence-electron chi connectivity index (χ0n) is 11.4. The second-order valence-corrected chi connectivity index (χ2v) is 5.46. The molecule has 0 N–H and O–H groups in total. The Morgan fingerprint density at radius 3 is 2.63 bits per heavy atom. The van der Waals surface area contributed by atoms with E-state index in [0.29, 0.717) is 6.42 Å². The Balaban J connectivity index is 2.20. The van der Waals surface area contributed by atoms with Crippen LogP contribution in [0.5, 0.6) is 0 Å². The molecule has 1 atom stereocenters. The smallest absolute Gasteiger partial charge is 0.223 e. The molecule has 0 radical (unpaired) electrons. The second-order valence-electron chi connectivity index (χ2n) is 5.03. The molecule has 2 nitrogen and oxygen atoms in total. The first kappa shape index (κ1) is 14.1. The van der Waals surface area contributed by atoms with E-state index in [0.717, 1.165) is 42.0 Å². The third kappa shape index (κ3) is 3.19. The molecule has 1 aromatic rings. The summed E-state index contributed by atoms with van der Waals surface area (Å²) in [6.07, 6.45) is 3.65. The highest BCUT2D eigenvalue weighted by molar-refractivity contribution is 6.30. The fourth-order valence-electron chi connectivity index (χ4n) is 2.65. The van der Waals surface area contributed by atoms with Crippen LogP contribution in [-0.2, 0) is 4.79 Å². The van der Waals surface area contributed by atoms with Crippen LogP contribution >= 0.6 is 11.6 Å². The highest BCUT2D eigenvalue weighted by atomic mass is 35.5. The number of carbonyl (C=O) groups excluding carboxylic acids is 1. The number of benzene rings is 1. The van der Waals surface area contributed by atoms with Crippen molar-refractivity contribution in [1.29, 1.82) is 0 Å².